The Labute approximate surface area is 122 Å². The Hall–Kier alpha value is -2.59. The van der Waals surface area contributed by atoms with E-state index in [2.05, 4.69) is 58.4 Å². The van der Waals surface area contributed by atoms with Crippen LogP contribution >= 0.6 is 0 Å². The number of hydrogen-bond acceptors (Lipinski definition) is 4. The average Bonchev–Trinajstić information content (AvgIpc) is 2.55. The molecule has 0 radical (unpaired) electrons. The summed E-state index contributed by atoms with van der Waals surface area (Å²) in [6, 6.07) is 16.9. The van der Waals surface area contributed by atoms with Crippen molar-refractivity contribution >= 4 is 28.1 Å². The molecule has 0 bridgehead atoms. The smallest absolute Gasteiger partial charge is 0.138 e. The van der Waals surface area contributed by atoms with Gasteiger partial charge in [0, 0.05) is 16.6 Å². The molecule has 0 spiro atoms. The lowest BCUT2D eigenvalue weighted by molar-refractivity contribution is 0.613. The molecule has 4 heteroatoms. The summed E-state index contributed by atoms with van der Waals surface area (Å²) in [5.41, 5.74) is 5.86. The largest absolute Gasteiger partial charge is 0.372 e. The molecule has 0 amide bonds. The number of fused-ring (bicyclic) bond motifs is 4. The highest BCUT2D eigenvalue weighted by Gasteiger charge is 2.32. The molecule has 2 aromatic carbocycles. The van der Waals surface area contributed by atoms with Crippen molar-refractivity contribution in [2.45, 2.75) is 6.04 Å². The van der Waals surface area contributed by atoms with E-state index in [0.717, 1.165) is 23.7 Å². The third-order valence-electron chi connectivity index (χ3n) is 4.31. The maximum atomic E-state index is 4.82. The van der Waals surface area contributed by atoms with Crippen molar-refractivity contribution in [1.29, 1.82) is 0 Å². The van der Waals surface area contributed by atoms with Crippen LogP contribution in [0.15, 0.2) is 48.5 Å². The van der Waals surface area contributed by atoms with Gasteiger partial charge >= 0.3 is 0 Å². The second-order valence-electron chi connectivity index (χ2n) is 5.47. The van der Waals surface area contributed by atoms with Gasteiger partial charge < -0.3 is 10.6 Å². The molecule has 0 saturated carbocycles. The van der Waals surface area contributed by atoms with Gasteiger partial charge in [0.15, 0.2) is 0 Å². The Kier molecular flexibility index (Phi) is 2.10. The number of benzene rings is 2. The number of nitrogens with one attached hydrogen (secondary N) is 3. The molecule has 2 aliphatic rings. The third-order valence-corrected chi connectivity index (χ3v) is 4.31. The average molecular weight is 274 g/mol. The van der Waals surface area contributed by atoms with Gasteiger partial charge in [-0.05, 0) is 17.7 Å². The van der Waals surface area contributed by atoms with E-state index >= 15 is 0 Å². The van der Waals surface area contributed by atoms with E-state index in [1.807, 2.05) is 6.07 Å². The summed E-state index contributed by atoms with van der Waals surface area (Å²) in [5, 5.41) is 11.7. The van der Waals surface area contributed by atoms with Gasteiger partial charge in [0.1, 0.15) is 5.82 Å². The molecule has 1 atom stereocenters. The summed E-state index contributed by atoms with van der Waals surface area (Å²) < 4.78 is 0. The molecule has 102 valence electrons. The van der Waals surface area contributed by atoms with Gasteiger partial charge in [-0.3, -0.25) is 5.32 Å². The van der Waals surface area contributed by atoms with E-state index in [-0.39, 0.29) is 6.04 Å². The third kappa shape index (κ3) is 1.45. The van der Waals surface area contributed by atoms with E-state index in [1.165, 1.54) is 22.2 Å². The van der Waals surface area contributed by atoms with Gasteiger partial charge in [-0.25, -0.2) is 4.98 Å². The fourth-order valence-corrected chi connectivity index (χ4v) is 3.39. The first-order valence-electron chi connectivity index (χ1n) is 7.18. The SMILES string of the molecule is c1ccc2c(c1)Nc1nc3ccccc3c3c1[C@H]2NCN3. The van der Waals surface area contributed by atoms with E-state index in [4.69, 9.17) is 4.98 Å². The number of pyridine rings is 1. The van der Waals surface area contributed by atoms with Crippen LogP contribution in [-0.4, -0.2) is 11.7 Å². The first-order valence-corrected chi connectivity index (χ1v) is 7.18. The lowest BCUT2D eigenvalue weighted by Crippen LogP contribution is -2.36. The first-order chi connectivity index (χ1) is 10.4. The Morgan fingerprint density at radius 3 is 2.86 bits per heavy atom. The second-order valence-corrected chi connectivity index (χ2v) is 5.47. The molecule has 0 saturated heterocycles. The zero-order valence-corrected chi connectivity index (χ0v) is 11.4. The molecule has 21 heavy (non-hydrogen) atoms. The molecule has 5 rings (SSSR count). The molecule has 3 aromatic rings. The van der Waals surface area contributed by atoms with Crippen molar-refractivity contribution in [3.05, 3.63) is 59.7 Å². The van der Waals surface area contributed by atoms with E-state index in [1.54, 1.807) is 0 Å². The van der Waals surface area contributed by atoms with Crippen molar-refractivity contribution in [3.8, 4) is 0 Å². The molecule has 0 aliphatic carbocycles. The van der Waals surface area contributed by atoms with Gasteiger partial charge in [-0.1, -0.05) is 36.4 Å². The fraction of sp³-hybridized carbons (Fsp3) is 0.118. The highest BCUT2D eigenvalue weighted by Crippen LogP contribution is 2.46. The van der Waals surface area contributed by atoms with Crippen LogP contribution in [0.4, 0.5) is 17.2 Å². The fourth-order valence-electron chi connectivity index (χ4n) is 3.39. The normalized spacial score (nSPS) is 18.4. The predicted octanol–water partition coefficient (Wildman–Crippen LogP) is 3.35. The van der Waals surface area contributed by atoms with Crippen molar-refractivity contribution in [2.75, 3.05) is 17.3 Å². The predicted molar refractivity (Wildman–Crippen MR) is 84.9 cm³/mol. The summed E-state index contributed by atoms with van der Waals surface area (Å²) in [4.78, 5) is 4.82. The number of anilines is 3. The minimum Gasteiger partial charge on any atom is -0.372 e. The second kappa shape index (κ2) is 3.96. The van der Waals surface area contributed by atoms with Crippen LogP contribution in [0.2, 0.25) is 0 Å². The van der Waals surface area contributed by atoms with Gasteiger partial charge in [0.25, 0.3) is 0 Å². The summed E-state index contributed by atoms with van der Waals surface area (Å²) in [7, 11) is 0. The summed E-state index contributed by atoms with van der Waals surface area (Å²) in [5.74, 6) is 0.951. The van der Waals surface area contributed by atoms with Crippen LogP contribution in [0, 0.1) is 0 Å². The molecule has 3 N–H and O–H groups in total. The lowest BCUT2D eigenvalue weighted by Gasteiger charge is -2.35. The number of nitrogens with zero attached hydrogens (tertiary/aromatic N) is 1. The van der Waals surface area contributed by atoms with Crippen LogP contribution in [0.5, 0.6) is 0 Å². The lowest BCUT2D eigenvalue weighted by atomic mass is 9.90. The standard InChI is InChI=1S/C17H14N4/c1-3-7-12-10(5-1)15-14-16(19-9-18-15)11-6-2-4-8-13(11)21-17(14)20-12/h1-8,15,18-19H,9H2,(H,20,21)/t15-/m0/s1. The maximum Gasteiger partial charge on any atom is 0.138 e. The Morgan fingerprint density at radius 1 is 1.00 bits per heavy atom. The van der Waals surface area contributed by atoms with E-state index < -0.39 is 0 Å². The van der Waals surface area contributed by atoms with Crippen LogP contribution in [-0.2, 0) is 0 Å². The van der Waals surface area contributed by atoms with E-state index in [9.17, 15) is 0 Å². The minimum atomic E-state index is 0.200. The van der Waals surface area contributed by atoms with Crippen molar-refractivity contribution in [1.82, 2.24) is 10.3 Å². The van der Waals surface area contributed by atoms with Crippen molar-refractivity contribution in [3.63, 3.8) is 0 Å². The van der Waals surface area contributed by atoms with Crippen LogP contribution in [0.3, 0.4) is 0 Å². The van der Waals surface area contributed by atoms with Crippen molar-refractivity contribution in [2.24, 2.45) is 0 Å². The van der Waals surface area contributed by atoms with Crippen LogP contribution in [0.25, 0.3) is 10.9 Å². The molecular formula is C17H14N4. The number of para-hydroxylation sites is 2. The highest BCUT2D eigenvalue weighted by molar-refractivity contribution is 5.98. The Bertz CT molecular complexity index is 872. The molecule has 1 aromatic heterocycles. The Balaban J connectivity index is 1.87. The van der Waals surface area contributed by atoms with Gasteiger partial charge in [0.2, 0.25) is 0 Å². The zero-order chi connectivity index (χ0) is 13.8. The number of hydrogen-bond donors (Lipinski definition) is 3. The van der Waals surface area contributed by atoms with Gasteiger partial charge in [0.05, 0.1) is 23.9 Å². The van der Waals surface area contributed by atoms with Crippen molar-refractivity contribution < 1.29 is 0 Å². The molecule has 0 fully saturated rings. The molecule has 0 unspecified atom stereocenters. The maximum absolute atomic E-state index is 4.82. The van der Waals surface area contributed by atoms with Gasteiger partial charge in [-0.2, -0.15) is 0 Å². The molecular weight excluding hydrogens is 260 g/mol. The highest BCUT2D eigenvalue weighted by atomic mass is 15.2. The molecule has 4 nitrogen and oxygen atoms in total. The monoisotopic (exact) mass is 274 g/mol. The first kappa shape index (κ1) is 11.1. The summed E-state index contributed by atoms with van der Waals surface area (Å²) >= 11 is 0. The quantitative estimate of drug-likeness (QED) is 0.588. The minimum absolute atomic E-state index is 0.200. The summed E-state index contributed by atoms with van der Waals surface area (Å²) in [6.07, 6.45) is 0. The summed E-state index contributed by atoms with van der Waals surface area (Å²) in [6.45, 7) is 0.763. The molecule has 2 aliphatic heterocycles. The van der Waals surface area contributed by atoms with Gasteiger partial charge in [-0.15, -0.1) is 0 Å². The topological polar surface area (TPSA) is 49.0 Å². The Morgan fingerprint density at radius 2 is 1.86 bits per heavy atom. The number of rotatable bonds is 0. The number of aromatic nitrogens is 1. The zero-order valence-electron chi connectivity index (χ0n) is 11.4. The van der Waals surface area contributed by atoms with Crippen LogP contribution in [0.1, 0.15) is 17.2 Å². The van der Waals surface area contributed by atoms with Crippen LogP contribution < -0.4 is 16.0 Å². The molecule has 3 heterocycles. The van der Waals surface area contributed by atoms with E-state index in [0.29, 0.717) is 0 Å².